The van der Waals surface area contributed by atoms with Gasteiger partial charge in [-0.15, -0.1) is 0 Å². The average molecular weight is 411 g/mol. The Labute approximate surface area is 167 Å². The number of aryl methyl sites for hydroxylation is 1. The van der Waals surface area contributed by atoms with Gasteiger partial charge in [-0.1, -0.05) is 24.6 Å². The Balaban J connectivity index is 1.99. The van der Waals surface area contributed by atoms with Gasteiger partial charge < -0.3 is 9.64 Å². The first-order valence-electron chi connectivity index (χ1n) is 9.64. The molecule has 28 heavy (non-hydrogen) atoms. The minimum atomic E-state index is -3.54. The van der Waals surface area contributed by atoms with E-state index in [4.69, 9.17) is 4.74 Å². The van der Waals surface area contributed by atoms with Crippen molar-refractivity contribution in [2.45, 2.75) is 38.5 Å². The molecule has 8 heteroatoms. The molecule has 2 rings (SSSR count). The molecular weight excluding hydrogens is 380 g/mol. The zero-order valence-corrected chi connectivity index (χ0v) is 17.9. The lowest BCUT2D eigenvalue weighted by Gasteiger charge is -2.34. The molecule has 0 aromatic heterocycles. The Morgan fingerprint density at radius 3 is 2.29 bits per heavy atom. The van der Waals surface area contributed by atoms with Gasteiger partial charge in [-0.25, -0.2) is 8.42 Å². The van der Waals surface area contributed by atoms with Crippen LogP contribution in [0.15, 0.2) is 29.2 Å². The molecule has 7 nitrogen and oxygen atoms in total. The summed E-state index contributed by atoms with van der Waals surface area (Å²) >= 11 is 0. The molecule has 1 saturated heterocycles. The van der Waals surface area contributed by atoms with Gasteiger partial charge in [-0.05, 0) is 38.8 Å². The van der Waals surface area contributed by atoms with Crippen molar-refractivity contribution in [2.75, 3.05) is 33.3 Å². The minimum Gasteiger partial charge on any atom is -0.469 e. The summed E-state index contributed by atoms with van der Waals surface area (Å²) in [5, 5.41) is 0. The zero-order valence-electron chi connectivity index (χ0n) is 17.1. The average Bonchev–Trinajstić information content (AvgIpc) is 2.71. The smallest absolute Gasteiger partial charge is 0.310 e. The van der Waals surface area contributed by atoms with Gasteiger partial charge in [0.25, 0.3) is 0 Å². The van der Waals surface area contributed by atoms with Gasteiger partial charge >= 0.3 is 5.97 Å². The largest absolute Gasteiger partial charge is 0.469 e. The van der Waals surface area contributed by atoms with Gasteiger partial charge in [0.1, 0.15) is 0 Å². The topological polar surface area (TPSA) is 84.0 Å². The van der Waals surface area contributed by atoms with Crippen LogP contribution in [0, 0.1) is 18.8 Å². The molecule has 1 heterocycles. The highest BCUT2D eigenvalue weighted by atomic mass is 32.2. The summed E-state index contributed by atoms with van der Waals surface area (Å²) in [6, 6.07) is 6.80. The second kappa shape index (κ2) is 9.52. The highest BCUT2D eigenvalue weighted by Crippen LogP contribution is 2.25. The summed E-state index contributed by atoms with van der Waals surface area (Å²) in [7, 11) is -2.21. The van der Waals surface area contributed by atoms with Crippen LogP contribution in [0.4, 0.5) is 0 Å². The Morgan fingerprint density at radius 2 is 1.79 bits per heavy atom. The minimum absolute atomic E-state index is 0.0226. The van der Waals surface area contributed by atoms with Crippen molar-refractivity contribution in [3.05, 3.63) is 29.8 Å². The van der Waals surface area contributed by atoms with Crippen LogP contribution in [0.5, 0.6) is 0 Å². The Hall–Kier alpha value is -1.93. The molecule has 1 aliphatic rings. The number of esters is 1. The van der Waals surface area contributed by atoms with Gasteiger partial charge in [0, 0.05) is 32.1 Å². The molecule has 1 aromatic rings. The van der Waals surface area contributed by atoms with E-state index in [1.807, 2.05) is 13.8 Å². The number of ether oxygens (including phenoxy) is 1. The van der Waals surface area contributed by atoms with Gasteiger partial charge in [0.05, 0.1) is 17.9 Å². The van der Waals surface area contributed by atoms with Gasteiger partial charge in [0.2, 0.25) is 15.9 Å². The number of piperidine rings is 1. The molecule has 0 saturated carbocycles. The fourth-order valence-corrected chi connectivity index (χ4v) is 4.91. The van der Waals surface area contributed by atoms with E-state index in [1.54, 1.807) is 36.1 Å². The maximum Gasteiger partial charge on any atom is 0.310 e. The molecule has 1 unspecified atom stereocenters. The number of amides is 1. The molecule has 1 atom stereocenters. The van der Waals surface area contributed by atoms with E-state index in [0.29, 0.717) is 39.0 Å². The molecule has 1 fully saturated rings. The van der Waals surface area contributed by atoms with E-state index in [0.717, 1.165) is 5.56 Å². The lowest BCUT2D eigenvalue weighted by atomic mass is 9.96. The third-order valence-corrected chi connectivity index (χ3v) is 7.17. The Bertz CT molecular complexity index is 783. The summed E-state index contributed by atoms with van der Waals surface area (Å²) in [4.78, 5) is 26.4. The van der Waals surface area contributed by atoms with E-state index in [1.165, 1.54) is 11.4 Å². The predicted molar refractivity (Wildman–Crippen MR) is 106 cm³/mol. The number of carbonyl (C=O) groups excluding carboxylic acids is 2. The van der Waals surface area contributed by atoms with E-state index in [2.05, 4.69) is 0 Å². The first-order chi connectivity index (χ1) is 13.2. The van der Waals surface area contributed by atoms with E-state index >= 15 is 0 Å². The molecule has 1 aromatic carbocycles. The predicted octanol–water partition coefficient (Wildman–Crippen LogP) is 2.05. The molecule has 0 spiro atoms. The number of methoxy groups -OCH3 is 1. The quantitative estimate of drug-likeness (QED) is 0.643. The van der Waals surface area contributed by atoms with Gasteiger partial charge in [-0.3, -0.25) is 9.59 Å². The summed E-state index contributed by atoms with van der Waals surface area (Å²) < 4.78 is 31.8. The van der Waals surface area contributed by atoms with Gasteiger partial charge in [0.15, 0.2) is 0 Å². The number of nitrogens with zero attached hydrogens (tertiary/aromatic N) is 2. The molecule has 1 amide bonds. The Kier molecular flexibility index (Phi) is 7.60. The van der Waals surface area contributed by atoms with E-state index in [-0.39, 0.29) is 22.7 Å². The summed E-state index contributed by atoms with van der Waals surface area (Å²) in [6.07, 6.45) is 0.958. The van der Waals surface area contributed by atoms with Crippen molar-refractivity contribution >= 4 is 21.9 Å². The summed E-state index contributed by atoms with van der Waals surface area (Å²) in [5.41, 5.74) is 1.00. The van der Waals surface area contributed by atoms with Crippen molar-refractivity contribution in [2.24, 2.45) is 11.8 Å². The monoisotopic (exact) mass is 410 g/mol. The van der Waals surface area contributed by atoms with E-state index in [9.17, 15) is 18.0 Å². The molecule has 156 valence electrons. The van der Waals surface area contributed by atoms with Crippen LogP contribution in [0.3, 0.4) is 0 Å². The van der Waals surface area contributed by atoms with Crippen LogP contribution >= 0.6 is 0 Å². The number of sulfonamides is 1. The molecular formula is C20H30N2O5S. The maximum atomic E-state index is 12.8. The fourth-order valence-electron chi connectivity index (χ4n) is 3.44. The normalized spacial score (nSPS) is 17.1. The number of carbonyl (C=O) groups is 2. The molecule has 0 N–H and O–H groups in total. The second-order valence-corrected chi connectivity index (χ2v) is 9.23. The second-order valence-electron chi connectivity index (χ2n) is 7.29. The number of rotatable bonds is 7. The number of benzene rings is 1. The SMILES string of the molecule is CCN(CC(C)C(=O)OC)C(=O)C1CCN(S(=O)(=O)c2ccc(C)cc2)CC1. The molecule has 0 aliphatic carbocycles. The first kappa shape index (κ1) is 22.4. The van der Waals surface area contributed by atoms with E-state index < -0.39 is 15.9 Å². The van der Waals surface area contributed by atoms with Crippen LogP contribution in [0.25, 0.3) is 0 Å². The van der Waals surface area contributed by atoms with Crippen molar-refractivity contribution < 1.29 is 22.7 Å². The number of hydrogen-bond donors (Lipinski definition) is 0. The van der Waals surface area contributed by atoms with Crippen molar-refractivity contribution in [1.29, 1.82) is 0 Å². The summed E-state index contributed by atoms with van der Waals surface area (Å²) in [5.74, 6) is -0.985. The molecule has 1 aliphatic heterocycles. The van der Waals surface area contributed by atoms with Crippen LogP contribution in [-0.4, -0.2) is 62.8 Å². The van der Waals surface area contributed by atoms with Crippen molar-refractivity contribution in [1.82, 2.24) is 9.21 Å². The van der Waals surface area contributed by atoms with Crippen LogP contribution in [0.1, 0.15) is 32.3 Å². The van der Waals surface area contributed by atoms with Crippen molar-refractivity contribution in [3.8, 4) is 0 Å². The lowest BCUT2D eigenvalue weighted by molar-refractivity contribution is -0.147. The molecule has 0 radical (unpaired) electrons. The third-order valence-electron chi connectivity index (χ3n) is 5.25. The standard InChI is InChI=1S/C20H30N2O5S/c1-5-21(14-16(3)20(24)27-4)19(23)17-10-12-22(13-11-17)28(25,26)18-8-6-15(2)7-9-18/h6-9,16-17H,5,10-14H2,1-4H3. The van der Waals surface area contributed by atoms with Crippen LogP contribution in [-0.2, 0) is 24.3 Å². The maximum absolute atomic E-state index is 12.8. The zero-order chi connectivity index (χ0) is 20.9. The molecule has 0 bridgehead atoms. The number of hydrogen-bond acceptors (Lipinski definition) is 5. The van der Waals surface area contributed by atoms with Gasteiger partial charge in [-0.2, -0.15) is 4.31 Å². The van der Waals surface area contributed by atoms with Crippen LogP contribution in [0.2, 0.25) is 0 Å². The lowest BCUT2D eigenvalue weighted by Crippen LogP contribution is -2.45. The third kappa shape index (κ3) is 5.11. The fraction of sp³-hybridized carbons (Fsp3) is 0.600. The van der Waals surface area contributed by atoms with Crippen molar-refractivity contribution in [3.63, 3.8) is 0 Å². The van der Waals surface area contributed by atoms with Crippen LogP contribution < -0.4 is 0 Å². The summed E-state index contributed by atoms with van der Waals surface area (Å²) in [6.45, 7) is 6.96. The highest BCUT2D eigenvalue weighted by molar-refractivity contribution is 7.89. The first-order valence-corrected chi connectivity index (χ1v) is 11.1. The highest BCUT2D eigenvalue weighted by Gasteiger charge is 2.34. The Morgan fingerprint density at radius 1 is 1.21 bits per heavy atom.